The lowest BCUT2D eigenvalue weighted by Crippen LogP contribution is -2.03. The van der Waals surface area contributed by atoms with Gasteiger partial charge < -0.3 is 5.32 Å². The van der Waals surface area contributed by atoms with Crippen LogP contribution in [0.1, 0.15) is 11.1 Å². The molecule has 0 saturated carbocycles. The van der Waals surface area contributed by atoms with Gasteiger partial charge in [-0.3, -0.25) is 4.79 Å². The zero-order valence-electron chi connectivity index (χ0n) is 12.8. The van der Waals surface area contributed by atoms with Crippen LogP contribution >= 0.6 is 11.6 Å². The number of halogens is 1. The van der Waals surface area contributed by atoms with E-state index in [4.69, 9.17) is 11.6 Å². The molecule has 1 amide bonds. The smallest absolute Gasteiger partial charge is 0.256 e. The molecule has 1 aliphatic rings. The predicted molar refractivity (Wildman–Crippen MR) is 99.8 cm³/mol. The second-order valence-corrected chi connectivity index (χ2v) is 6.13. The number of amides is 1. The van der Waals surface area contributed by atoms with Crippen molar-refractivity contribution in [1.29, 1.82) is 0 Å². The van der Waals surface area contributed by atoms with E-state index in [1.165, 1.54) is 5.56 Å². The van der Waals surface area contributed by atoms with Crippen molar-refractivity contribution < 1.29 is 4.79 Å². The Morgan fingerprint density at radius 3 is 2.29 bits per heavy atom. The van der Waals surface area contributed by atoms with E-state index in [1.807, 2.05) is 48.5 Å². The number of rotatable bonds is 2. The van der Waals surface area contributed by atoms with Crippen molar-refractivity contribution >= 4 is 34.8 Å². The Kier molecular flexibility index (Phi) is 3.68. The lowest BCUT2D eigenvalue weighted by molar-refractivity contribution is -0.110. The highest BCUT2D eigenvalue weighted by atomic mass is 35.5. The minimum Gasteiger partial charge on any atom is -0.321 e. The van der Waals surface area contributed by atoms with Gasteiger partial charge in [0.25, 0.3) is 5.91 Å². The Labute approximate surface area is 145 Å². The molecule has 0 spiro atoms. The average molecular weight is 332 g/mol. The van der Waals surface area contributed by atoms with Crippen molar-refractivity contribution in [1.82, 2.24) is 0 Å². The molecule has 0 bridgehead atoms. The molecule has 1 N–H and O–H groups in total. The van der Waals surface area contributed by atoms with E-state index in [2.05, 4.69) is 29.6 Å². The zero-order valence-corrected chi connectivity index (χ0v) is 13.5. The van der Waals surface area contributed by atoms with E-state index in [0.29, 0.717) is 10.6 Å². The monoisotopic (exact) mass is 331 g/mol. The molecule has 0 radical (unpaired) electrons. The molecule has 0 aliphatic carbocycles. The largest absolute Gasteiger partial charge is 0.321 e. The van der Waals surface area contributed by atoms with Crippen LogP contribution in [-0.4, -0.2) is 5.91 Å². The molecular formula is C21H14ClNO. The normalized spacial score (nSPS) is 14.5. The van der Waals surface area contributed by atoms with Crippen LogP contribution in [-0.2, 0) is 4.79 Å². The van der Waals surface area contributed by atoms with Crippen LogP contribution in [0, 0.1) is 0 Å². The molecule has 3 heteroatoms. The van der Waals surface area contributed by atoms with Crippen molar-refractivity contribution in [3.63, 3.8) is 0 Å². The van der Waals surface area contributed by atoms with Crippen molar-refractivity contribution in [2.45, 2.75) is 0 Å². The van der Waals surface area contributed by atoms with Gasteiger partial charge in [-0.2, -0.15) is 0 Å². The lowest BCUT2D eigenvalue weighted by Gasteiger charge is -2.03. The maximum absolute atomic E-state index is 12.2. The molecule has 0 aromatic heterocycles. The van der Waals surface area contributed by atoms with Gasteiger partial charge in [0, 0.05) is 21.8 Å². The van der Waals surface area contributed by atoms with Crippen LogP contribution in [0.5, 0.6) is 0 Å². The minimum atomic E-state index is -0.0978. The van der Waals surface area contributed by atoms with Crippen LogP contribution in [0.2, 0.25) is 5.02 Å². The van der Waals surface area contributed by atoms with E-state index in [-0.39, 0.29) is 5.91 Å². The number of hydrogen-bond acceptors (Lipinski definition) is 1. The minimum absolute atomic E-state index is 0.0978. The maximum atomic E-state index is 12.2. The highest BCUT2D eigenvalue weighted by Gasteiger charge is 2.24. The van der Waals surface area contributed by atoms with E-state index in [1.54, 1.807) is 6.07 Å². The highest BCUT2D eigenvalue weighted by molar-refractivity contribution is 6.36. The fraction of sp³-hybridized carbons (Fsp3) is 0. The van der Waals surface area contributed by atoms with Gasteiger partial charge in [0.05, 0.1) is 0 Å². The van der Waals surface area contributed by atoms with Crippen LogP contribution in [0.15, 0.2) is 72.8 Å². The molecule has 0 fully saturated rings. The third kappa shape index (κ3) is 2.72. The summed E-state index contributed by atoms with van der Waals surface area (Å²) in [5, 5.41) is 3.49. The second-order valence-electron chi connectivity index (χ2n) is 5.69. The Balaban J connectivity index is 1.70. The summed E-state index contributed by atoms with van der Waals surface area (Å²) in [6.45, 7) is 0. The molecule has 1 heterocycles. The van der Waals surface area contributed by atoms with Gasteiger partial charge in [-0.1, -0.05) is 66.2 Å². The first-order valence-electron chi connectivity index (χ1n) is 7.69. The summed E-state index contributed by atoms with van der Waals surface area (Å²) in [6.07, 6.45) is 1.90. The molecule has 0 saturated heterocycles. The Bertz CT molecular complexity index is 943. The standard InChI is InChI=1S/C21H14ClNO/c22-17-10-11-20-18(13-17)19(21(24)23-20)12-14-6-8-16(9-7-14)15-4-2-1-3-5-15/h1-13H,(H,23,24)/b19-12-. The fourth-order valence-electron chi connectivity index (χ4n) is 2.87. The van der Waals surface area contributed by atoms with Crippen LogP contribution in [0.25, 0.3) is 22.8 Å². The van der Waals surface area contributed by atoms with Gasteiger partial charge >= 0.3 is 0 Å². The summed E-state index contributed by atoms with van der Waals surface area (Å²) in [7, 11) is 0. The van der Waals surface area contributed by atoms with Gasteiger partial charge in [-0.05, 0) is 41.0 Å². The zero-order chi connectivity index (χ0) is 16.5. The lowest BCUT2D eigenvalue weighted by atomic mass is 10.0. The highest BCUT2D eigenvalue weighted by Crippen LogP contribution is 2.35. The SMILES string of the molecule is O=C1Nc2ccc(Cl)cc2/C1=C/c1ccc(-c2ccccc2)cc1. The van der Waals surface area contributed by atoms with E-state index in [0.717, 1.165) is 22.4 Å². The third-order valence-corrected chi connectivity index (χ3v) is 4.33. The van der Waals surface area contributed by atoms with Crippen LogP contribution in [0.4, 0.5) is 5.69 Å². The second kappa shape index (κ2) is 5.99. The topological polar surface area (TPSA) is 29.1 Å². The van der Waals surface area contributed by atoms with E-state index in [9.17, 15) is 4.79 Å². The van der Waals surface area contributed by atoms with Crippen LogP contribution in [0.3, 0.4) is 0 Å². The van der Waals surface area contributed by atoms with Gasteiger partial charge in [0.15, 0.2) is 0 Å². The number of nitrogens with one attached hydrogen (secondary N) is 1. The van der Waals surface area contributed by atoms with Gasteiger partial charge in [-0.25, -0.2) is 0 Å². The van der Waals surface area contributed by atoms with Crippen molar-refractivity contribution in [2.75, 3.05) is 5.32 Å². The van der Waals surface area contributed by atoms with Gasteiger partial charge in [0.2, 0.25) is 0 Å². The van der Waals surface area contributed by atoms with Crippen molar-refractivity contribution in [3.05, 3.63) is 88.9 Å². The Hall–Kier alpha value is -2.84. The molecule has 0 atom stereocenters. The number of benzene rings is 3. The quantitative estimate of drug-likeness (QED) is 0.617. The molecular weight excluding hydrogens is 318 g/mol. The van der Waals surface area contributed by atoms with Gasteiger partial charge in [0.1, 0.15) is 0 Å². The first kappa shape index (κ1) is 14.7. The molecule has 116 valence electrons. The maximum Gasteiger partial charge on any atom is 0.256 e. The summed E-state index contributed by atoms with van der Waals surface area (Å²) in [5.41, 5.74) is 5.59. The molecule has 2 nitrogen and oxygen atoms in total. The number of anilines is 1. The number of carbonyl (C=O) groups excluding carboxylic acids is 1. The number of fused-ring (bicyclic) bond motifs is 1. The van der Waals surface area contributed by atoms with Gasteiger partial charge in [-0.15, -0.1) is 0 Å². The molecule has 0 unspecified atom stereocenters. The summed E-state index contributed by atoms with van der Waals surface area (Å²) in [6, 6.07) is 23.8. The Morgan fingerprint density at radius 1 is 0.833 bits per heavy atom. The third-order valence-electron chi connectivity index (χ3n) is 4.09. The Morgan fingerprint density at radius 2 is 1.54 bits per heavy atom. The molecule has 1 aliphatic heterocycles. The van der Waals surface area contributed by atoms with Crippen molar-refractivity contribution in [3.8, 4) is 11.1 Å². The van der Waals surface area contributed by atoms with E-state index < -0.39 is 0 Å². The first-order chi connectivity index (χ1) is 11.7. The molecule has 24 heavy (non-hydrogen) atoms. The summed E-state index contributed by atoms with van der Waals surface area (Å²) in [5.74, 6) is -0.0978. The van der Waals surface area contributed by atoms with E-state index >= 15 is 0 Å². The predicted octanol–water partition coefficient (Wildman–Crippen LogP) is 5.50. The molecule has 3 aromatic rings. The van der Waals surface area contributed by atoms with Crippen LogP contribution < -0.4 is 5.32 Å². The first-order valence-corrected chi connectivity index (χ1v) is 8.07. The summed E-state index contributed by atoms with van der Waals surface area (Å²) in [4.78, 5) is 12.2. The number of carbonyl (C=O) groups is 1. The van der Waals surface area contributed by atoms with Crippen molar-refractivity contribution in [2.24, 2.45) is 0 Å². The molecule has 4 rings (SSSR count). The number of hydrogen-bond donors (Lipinski definition) is 1. The average Bonchev–Trinajstić information content (AvgIpc) is 2.92. The summed E-state index contributed by atoms with van der Waals surface area (Å²) >= 11 is 6.06. The fourth-order valence-corrected chi connectivity index (χ4v) is 3.04. The summed E-state index contributed by atoms with van der Waals surface area (Å²) < 4.78 is 0. The molecule has 3 aromatic carbocycles.